The summed E-state index contributed by atoms with van der Waals surface area (Å²) in [5.41, 5.74) is 1.35. The monoisotopic (exact) mass is 468 g/mol. The molecule has 0 bridgehead atoms. The first-order valence-corrected chi connectivity index (χ1v) is 12.0. The van der Waals surface area contributed by atoms with Gasteiger partial charge in [-0.3, -0.25) is 0 Å². The lowest BCUT2D eigenvalue weighted by molar-refractivity contribution is 0.445. The highest BCUT2D eigenvalue weighted by Crippen LogP contribution is 2.32. The Morgan fingerprint density at radius 1 is 1.03 bits per heavy atom. The van der Waals surface area contributed by atoms with Crippen LogP contribution in [0.15, 0.2) is 41.3 Å². The second kappa shape index (κ2) is 9.88. The molecule has 31 heavy (non-hydrogen) atoms. The van der Waals surface area contributed by atoms with Crippen LogP contribution in [0.3, 0.4) is 0 Å². The Kier molecular flexibility index (Phi) is 7.45. The van der Waals surface area contributed by atoms with E-state index in [0.29, 0.717) is 18.8 Å². The minimum Gasteiger partial charge on any atom is -0.370 e. The predicted molar refractivity (Wildman–Crippen MR) is 124 cm³/mol. The lowest BCUT2D eigenvalue weighted by Crippen LogP contribution is -2.31. The van der Waals surface area contributed by atoms with Crippen molar-refractivity contribution >= 4 is 44.4 Å². The molecular weight excluding hydrogens is 442 g/mol. The Hall–Kier alpha value is -2.30. The van der Waals surface area contributed by atoms with Crippen molar-refractivity contribution < 1.29 is 17.2 Å². The van der Waals surface area contributed by atoms with Crippen molar-refractivity contribution in [1.29, 1.82) is 0 Å². The van der Waals surface area contributed by atoms with Crippen molar-refractivity contribution in [2.24, 2.45) is 0 Å². The molecule has 0 amide bonds. The van der Waals surface area contributed by atoms with Gasteiger partial charge >= 0.3 is 0 Å². The molecule has 2 N–H and O–H groups in total. The maximum atomic E-state index is 14.0. The summed E-state index contributed by atoms with van der Waals surface area (Å²) in [7, 11) is -3.66. The van der Waals surface area contributed by atoms with Crippen LogP contribution in [0, 0.1) is 11.6 Å². The first-order chi connectivity index (χ1) is 14.8. The summed E-state index contributed by atoms with van der Waals surface area (Å²) in [5, 5.41) is 5.78. The van der Waals surface area contributed by atoms with Gasteiger partial charge in [-0.2, -0.15) is 4.31 Å². The zero-order valence-electron chi connectivity index (χ0n) is 17.5. The molecule has 1 saturated heterocycles. The molecule has 2 aromatic rings. The maximum Gasteiger partial charge on any atom is 0.243 e. The second-order valence-corrected chi connectivity index (χ2v) is 9.51. The van der Waals surface area contributed by atoms with Crippen LogP contribution in [-0.2, 0) is 10.0 Å². The Balaban J connectivity index is 1.92. The van der Waals surface area contributed by atoms with Gasteiger partial charge < -0.3 is 15.5 Å². The summed E-state index contributed by atoms with van der Waals surface area (Å²) in [6, 6.07) is 8.06. The number of halogens is 2. The van der Waals surface area contributed by atoms with Gasteiger partial charge in [0, 0.05) is 32.2 Å². The van der Waals surface area contributed by atoms with E-state index in [1.54, 1.807) is 32.0 Å². The Morgan fingerprint density at radius 2 is 1.68 bits per heavy atom. The van der Waals surface area contributed by atoms with Gasteiger partial charge in [-0.15, -0.1) is 0 Å². The molecule has 10 heteroatoms. The van der Waals surface area contributed by atoms with Crippen LogP contribution in [-0.4, -0.2) is 44.0 Å². The van der Waals surface area contributed by atoms with E-state index in [1.165, 1.54) is 10.4 Å². The number of sulfonamides is 1. The molecule has 0 unspecified atom stereocenters. The van der Waals surface area contributed by atoms with E-state index in [0.717, 1.165) is 43.8 Å². The van der Waals surface area contributed by atoms with Crippen LogP contribution < -0.4 is 15.5 Å². The minimum atomic E-state index is -3.66. The molecule has 0 atom stereocenters. The molecule has 0 spiro atoms. The number of anilines is 3. The molecule has 1 heterocycles. The third-order valence-corrected chi connectivity index (χ3v) is 7.44. The Labute approximate surface area is 187 Å². The molecule has 1 aliphatic rings. The van der Waals surface area contributed by atoms with Gasteiger partial charge in [0.05, 0.1) is 22.0 Å². The summed E-state index contributed by atoms with van der Waals surface area (Å²) in [4.78, 5) is 2.30. The minimum absolute atomic E-state index is 0.0218. The summed E-state index contributed by atoms with van der Waals surface area (Å²) in [6.07, 6.45) is 2.09. The SMILES string of the molecule is CCN(CC)S(=O)(=O)c1ccc(N2CCCC2)c(NC(=S)Nc2ccc(F)cc2F)c1. The van der Waals surface area contributed by atoms with Crippen molar-refractivity contribution in [3.05, 3.63) is 48.0 Å². The van der Waals surface area contributed by atoms with E-state index < -0.39 is 21.7 Å². The Morgan fingerprint density at radius 3 is 2.29 bits per heavy atom. The summed E-state index contributed by atoms with van der Waals surface area (Å²) < 4.78 is 54.5. The zero-order chi connectivity index (χ0) is 22.6. The lowest BCUT2D eigenvalue weighted by atomic mass is 10.2. The van der Waals surface area contributed by atoms with E-state index in [9.17, 15) is 17.2 Å². The highest BCUT2D eigenvalue weighted by atomic mass is 32.2. The number of nitrogens with zero attached hydrogens (tertiary/aromatic N) is 2. The molecule has 1 fully saturated rings. The van der Waals surface area contributed by atoms with E-state index in [1.807, 2.05) is 0 Å². The Bertz CT molecular complexity index is 1050. The molecule has 0 aromatic heterocycles. The van der Waals surface area contributed by atoms with Gasteiger partial charge in [0.1, 0.15) is 11.6 Å². The first kappa shape index (κ1) is 23.4. The standard InChI is InChI=1S/C21H26F2N4O2S2/c1-3-27(4-2)31(28,29)16-8-10-20(26-11-5-6-12-26)19(14-16)25-21(30)24-18-9-7-15(22)13-17(18)23/h7-10,13-14H,3-6,11-12H2,1-2H3,(H2,24,25,30). The zero-order valence-corrected chi connectivity index (χ0v) is 19.1. The fourth-order valence-corrected chi connectivity index (χ4v) is 5.29. The number of benzene rings is 2. The van der Waals surface area contributed by atoms with Crippen molar-refractivity contribution in [3.8, 4) is 0 Å². The average molecular weight is 469 g/mol. The van der Waals surface area contributed by atoms with Crippen LogP contribution in [0.2, 0.25) is 0 Å². The lowest BCUT2D eigenvalue weighted by Gasteiger charge is -2.24. The number of thiocarbonyl (C=S) groups is 1. The normalized spacial score (nSPS) is 14.2. The summed E-state index contributed by atoms with van der Waals surface area (Å²) in [6.45, 7) is 6.00. The van der Waals surface area contributed by atoms with Gasteiger partial charge in [0.15, 0.2) is 5.11 Å². The van der Waals surface area contributed by atoms with Crippen LogP contribution >= 0.6 is 12.2 Å². The third-order valence-electron chi connectivity index (χ3n) is 5.19. The third kappa shape index (κ3) is 5.31. The average Bonchev–Trinajstić information content (AvgIpc) is 3.25. The van der Waals surface area contributed by atoms with Crippen molar-refractivity contribution in [2.45, 2.75) is 31.6 Å². The molecule has 3 rings (SSSR count). The van der Waals surface area contributed by atoms with Crippen LogP contribution in [0.4, 0.5) is 25.8 Å². The van der Waals surface area contributed by atoms with Crippen LogP contribution in [0.5, 0.6) is 0 Å². The molecular formula is C21H26F2N4O2S2. The summed E-state index contributed by atoms with van der Waals surface area (Å²) in [5.74, 6) is -1.46. The van der Waals surface area contributed by atoms with Gasteiger partial charge in [-0.05, 0) is 55.4 Å². The number of hydrogen-bond acceptors (Lipinski definition) is 4. The highest BCUT2D eigenvalue weighted by Gasteiger charge is 2.24. The van der Waals surface area contributed by atoms with Gasteiger partial charge in [-0.25, -0.2) is 17.2 Å². The van der Waals surface area contributed by atoms with E-state index >= 15 is 0 Å². The molecule has 0 saturated carbocycles. The quantitative estimate of drug-likeness (QED) is 0.587. The number of hydrogen-bond donors (Lipinski definition) is 2. The van der Waals surface area contributed by atoms with Crippen LogP contribution in [0.1, 0.15) is 26.7 Å². The van der Waals surface area contributed by atoms with Gasteiger partial charge in [0.2, 0.25) is 10.0 Å². The topological polar surface area (TPSA) is 64.7 Å². The predicted octanol–water partition coefficient (Wildman–Crippen LogP) is 4.40. The van der Waals surface area contributed by atoms with Crippen molar-refractivity contribution in [2.75, 3.05) is 41.7 Å². The maximum absolute atomic E-state index is 14.0. The molecule has 1 aliphatic heterocycles. The number of rotatable bonds is 7. The molecule has 0 radical (unpaired) electrons. The van der Waals surface area contributed by atoms with Crippen molar-refractivity contribution in [1.82, 2.24) is 4.31 Å². The fourth-order valence-electron chi connectivity index (χ4n) is 3.59. The second-order valence-electron chi connectivity index (χ2n) is 7.17. The van der Waals surface area contributed by atoms with E-state index in [2.05, 4.69) is 15.5 Å². The summed E-state index contributed by atoms with van der Waals surface area (Å²) >= 11 is 5.32. The molecule has 168 valence electrons. The van der Waals surface area contributed by atoms with E-state index in [4.69, 9.17) is 12.2 Å². The molecule has 6 nitrogen and oxygen atoms in total. The molecule has 0 aliphatic carbocycles. The smallest absolute Gasteiger partial charge is 0.243 e. The fraction of sp³-hybridized carbons (Fsp3) is 0.381. The van der Waals surface area contributed by atoms with E-state index in [-0.39, 0.29) is 15.7 Å². The first-order valence-electron chi connectivity index (χ1n) is 10.2. The van der Waals surface area contributed by atoms with Crippen LogP contribution in [0.25, 0.3) is 0 Å². The number of nitrogens with one attached hydrogen (secondary N) is 2. The largest absolute Gasteiger partial charge is 0.370 e. The molecule has 2 aromatic carbocycles. The van der Waals surface area contributed by atoms with Gasteiger partial charge in [0.25, 0.3) is 0 Å². The highest BCUT2D eigenvalue weighted by molar-refractivity contribution is 7.89. The van der Waals surface area contributed by atoms with Crippen molar-refractivity contribution in [3.63, 3.8) is 0 Å². The van der Waals surface area contributed by atoms with Gasteiger partial charge in [-0.1, -0.05) is 13.8 Å².